The van der Waals surface area contributed by atoms with Gasteiger partial charge < -0.3 is 21.7 Å². The number of nitrogens with zero attached hydrogens (tertiary/aromatic N) is 1. The van der Waals surface area contributed by atoms with Gasteiger partial charge in [-0.3, -0.25) is 4.98 Å². The second-order valence-corrected chi connectivity index (χ2v) is 3.50. The van der Waals surface area contributed by atoms with E-state index >= 15 is 0 Å². The van der Waals surface area contributed by atoms with Crippen LogP contribution in [0.2, 0.25) is 0 Å². The van der Waals surface area contributed by atoms with Crippen molar-refractivity contribution in [1.29, 1.82) is 0 Å². The molecule has 2 atom stereocenters. The highest BCUT2D eigenvalue weighted by Gasteiger charge is 2.19. The molecule has 1 aromatic heterocycles. The van der Waals surface area contributed by atoms with E-state index in [1.807, 2.05) is 0 Å². The molecule has 0 saturated carbocycles. The first-order valence-corrected chi connectivity index (χ1v) is 4.85. The van der Waals surface area contributed by atoms with E-state index in [0.717, 1.165) is 0 Å². The lowest BCUT2D eigenvalue weighted by molar-refractivity contribution is 0.0124. The number of hydrogen-bond acceptors (Lipinski definition) is 5. The van der Waals surface area contributed by atoms with Gasteiger partial charge in [0.05, 0.1) is 23.2 Å². The van der Waals surface area contributed by atoms with Gasteiger partial charge in [-0.05, 0) is 32.0 Å². The van der Waals surface area contributed by atoms with Crippen molar-refractivity contribution in [1.82, 2.24) is 4.98 Å². The van der Waals surface area contributed by atoms with E-state index < -0.39 is 12.2 Å². The maximum Gasteiger partial charge on any atom is 0.122 e. The van der Waals surface area contributed by atoms with Crippen LogP contribution in [-0.2, 0) is 0 Å². The molecule has 5 heteroatoms. The second kappa shape index (κ2) is 5.06. The van der Waals surface area contributed by atoms with Crippen LogP contribution in [-0.4, -0.2) is 27.8 Å². The first-order chi connectivity index (χ1) is 7.06. The van der Waals surface area contributed by atoms with E-state index in [0.29, 0.717) is 30.0 Å². The fourth-order valence-corrected chi connectivity index (χ4v) is 1.28. The van der Waals surface area contributed by atoms with Gasteiger partial charge in [-0.2, -0.15) is 0 Å². The molecule has 1 heterocycles. The number of rotatable bonds is 4. The van der Waals surface area contributed by atoms with Gasteiger partial charge in [-0.1, -0.05) is 0 Å². The highest BCUT2D eigenvalue weighted by atomic mass is 16.3. The van der Waals surface area contributed by atoms with Gasteiger partial charge >= 0.3 is 0 Å². The Bertz CT molecular complexity index is 330. The zero-order valence-electron chi connectivity index (χ0n) is 8.72. The quantitative estimate of drug-likeness (QED) is 0.548. The van der Waals surface area contributed by atoms with Crippen LogP contribution in [0.3, 0.4) is 0 Å². The van der Waals surface area contributed by atoms with Crippen LogP contribution in [0.4, 0.5) is 5.69 Å². The number of pyridine rings is 1. The third-order valence-corrected chi connectivity index (χ3v) is 2.28. The van der Waals surface area contributed by atoms with Crippen molar-refractivity contribution in [2.75, 3.05) is 12.3 Å². The van der Waals surface area contributed by atoms with E-state index in [1.165, 1.54) is 0 Å². The first-order valence-electron chi connectivity index (χ1n) is 4.85. The maximum atomic E-state index is 9.73. The molecule has 1 aromatic rings. The average Bonchev–Trinajstić information content (AvgIpc) is 2.21. The summed E-state index contributed by atoms with van der Waals surface area (Å²) < 4.78 is 0. The molecule has 6 N–H and O–H groups in total. The van der Waals surface area contributed by atoms with E-state index in [4.69, 9.17) is 11.5 Å². The van der Waals surface area contributed by atoms with Crippen LogP contribution < -0.4 is 11.5 Å². The van der Waals surface area contributed by atoms with Gasteiger partial charge in [0.15, 0.2) is 0 Å². The molecule has 0 bridgehead atoms. The zero-order chi connectivity index (χ0) is 11.4. The van der Waals surface area contributed by atoms with Crippen molar-refractivity contribution in [2.24, 2.45) is 5.73 Å². The Morgan fingerprint density at radius 1 is 1.40 bits per heavy atom. The fourth-order valence-electron chi connectivity index (χ4n) is 1.28. The minimum Gasteiger partial charge on any atom is -0.397 e. The van der Waals surface area contributed by atoms with Crippen molar-refractivity contribution >= 4 is 5.69 Å². The summed E-state index contributed by atoms with van der Waals surface area (Å²) in [6.07, 6.45) is -1.55. The zero-order valence-corrected chi connectivity index (χ0v) is 8.72. The molecule has 0 spiro atoms. The molecular weight excluding hydrogens is 194 g/mol. The Morgan fingerprint density at radius 3 is 2.60 bits per heavy atom. The summed E-state index contributed by atoms with van der Waals surface area (Å²) in [4.78, 5) is 4.10. The molecule has 0 aliphatic carbocycles. The minimum atomic E-state index is -1.01. The fraction of sp³-hybridized carbons (Fsp3) is 0.500. The van der Waals surface area contributed by atoms with Crippen molar-refractivity contribution in [3.8, 4) is 0 Å². The van der Waals surface area contributed by atoms with E-state index in [-0.39, 0.29) is 0 Å². The van der Waals surface area contributed by atoms with Crippen LogP contribution in [0.1, 0.15) is 23.9 Å². The van der Waals surface area contributed by atoms with Crippen molar-refractivity contribution < 1.29 is 10.2 Å². The molecule has 5 nitrogen and oxygen atoms in total. The lowest BCUT2D eigenvalue weighted by Gasteiger charge is -2.17. The van der Waals surface area contributed by atoms with E-state index in [2.05, 4.69) is 4.98 Å². The summed E-state index contributed by atoms with van der Waals surface area (Å²) in [5.74, 6) is 0. The van der Waals surface area contributed by atoms with Crippen LogP contribution in [0, 0.1) is 6.92 Å². The molecule has 0 aromatic carbocycles. The van der Waals surface area contributed by atoms with Gasteiger partial charge in [0.1, 0.15) is 6.10 Å². The topological polar surface area (TPSA) is 105 Å². The van der Waals surface area contributed by atoms with Crippen molar-refractivity contribution in [3.63, 3.8) is 0 Å². The largest absolute Gasteiger partial charge is 0.397 e. The number of anilines is 1. The summed E-state index contributed by atoms with van der Waals surface area (Å²) in [5.41, 5.74) is 12.5. The molecule has 0 aliphatic rings. The molecule has 0 amide bonds. The number of nitrogens with two attached hydrogens (primary N) is 2. The summed E-state index contributed by atoms with van der Waals surface area (Å²) in [6, 6.07) is 3.27. The normalized spacial score (nSPS) is 14.9. The van der Waals surface area contributed by atoms with Crippen molar-refractivity contribution in [3.05, 3.63) is 23.5 Å². The van der Waals surface area contributed by atoms with Gasteiger partial charge in [0.25, 0.3) is 0 Å². The molecule has 0 saturated heterocycles. The van der Waals surface area contributed by atoms with E-state index in [1.54, 1.807) is 19.1 Å². The Hall–Kier alpha value is -1.17. The maximum absolute atomic E-state index is 9.73. The van der Waals surface area contributed by atoms with Crippen LogP contribution in [0.25, 0.3) is 0 Å². The van der Waals surface area contributed by atoms with Crippen LogP contribution in [0.5, 0.6) is 0 Å². The predicted molar refractivity (Wildman–Crippen MR) is 58.0 cm³/mol. The van der Waals surface area contributed by atoms with Gasteiger partial charge in [0.2, 0.25) is 0 Å². The lowest BCUT2D eigenvalue weighted by Crippen LogP contribution is -2.22. The SMILES string of the molecule is Cc1nc(C(O)C(O)CCN)ccc1N. The number of aliphatic hydroxyl groups is 2. The average molecular weight is 211 g/mol. The Balaban J connectivity index is 2.81. The number of hydrogen-bond donors (Lipinski definition) is 4. The number of aliphatic hydroxyl groups excluding tert-OH is 2. The minimum absolute atomic E-state index is 0.326. The molecule has 0 fully saturated rings. The van der Waals surface area contributed by atoms with Gasteiger partial charge in [0, 0.05) is 0 Å². The van der Waals surface area contributed by atoms with E-state index in [9.17, 15) is 10.2 Å². The summed E-state index contributed by atoms with van der Waals surface area (Å²) in [6.45, 7) is 2.08. The molecule has 0 radical (unpaired) electrons. The number of aryl methyl sites for hydroxylation is 1. The molecule has 2 unspecified atom stereocenters. The highest BCUT2D eigenvalue weighted by Crippen LogP contribution is 2.19. The second-order valence-electron chi connectivity index (χ2n) is 3.50. The molecule has 1 rings (SSSR count). The Kier molecular flexibility index (Phi) is 4.02. The van der Waals surface area contributed by atoms with Crippen LogP contribution >= 0.6 is 0 Å². The summed E-state index contributed by atoms with van der Waals surface area (Å²) in [5, 5.41) is 19.3. The van der Waals surface area contributed by atoms with Gasteiger partial charge in [-0.15, -0.1) is 0 Å². The standard InChI is InChI=1S/C10H17N3O2/c1-6-7(12)2-3-8(13-6)10(15)9(14)4-5-11/h2-3,9-10,14-15H,4-5,11-12H2,1H3. The number of aromatic nitrogens is 1. The molecule has 15 heavy (non-hydrogen) atoms. The molecular formula is C10H17N3O2. The van der Waals surface area contributed by atoms with Crippen molar-refractivity contribution in [2.45, 2.75) is 25.6 Å². The molecule has 0 aliphatic heterocycles. The molecule has 84 valence electrons. The third-order valence-electron chi connectivity index (χ3n) is 2.28. The third kappa shape index (κ3) is 2.89. The summed E-state index contributed by atoms with van der Waals surface area (Å²) >= 11 is 0. The number of nitrogen functional groups attached to an aromatic ring is 1. The Morgan fingerprint density at radius 2 is 2.07 bits per heavy atom. The monoisotopic (exact) mass is 211 g/mol. The van der Waals surface area contributed by atoms with Gasteiger partial charge in [-0.25, -0.2) is 0 Å². The first kappa shape index (κ1) is 11.9. The summed E-state index contributed by atoms with van der Waals surface area (Å²) in [7, 11) is 0. The predicted octanol–water partition coefficient (Wildman–Crippen LogP) is -0.285. The lowest BCUT2D eigenvalue weighted by atomic mass is 10.1. The smallest absolute Gasteiger partial charge is 0.122 e. The van der Waals surface area contributed by atoms with Crippen LogP contribution in [0.15, 0.2) is 12.1 Å². The highest BCUT2D eigenvalue weighted by molar-refractivity contribution is 5.42. The Labute approximate surface area is 88.7 Å².